The Morgan fingerprint density at radius 3 is 2.89 bits per heavy atom. The van der Waals surface area contributed by atoms with E-state index in [2.05, 4.69) is 29.6 Å². The second-order valence-electron chi connectivity index (χ2n) is 5.25. The average Bonchev–Trinajstić information content (AvgIpc) is 2.83. The predicted molar refractivity (Wildman–Crippen MR) is 75.5 cm³/mol. The van der Waals surface area contributed by atoms with Crippen LogP contribution >= 0.6 is 0 Å². The van der Waals surface area contributed by atoms with Crippen LogP contribution in [0.5, 0.6) is 0 Å². The highest BCUT2D eigenvalue weighted by Crippen LogP contribution is 2.30. The second kappa shape index (κ2) is 5.14. The highest BCUT2D eigenvalue weighted by atomic mass is 19.1. The smallest absolute Gasteiger partial charge is 0.126 e. The van der Waals surface area contributed by atoms with Gasteiger partial charge >= 0.3 is 0 Å². The van der Waals surface area contributed by atoms with Crippen molar-refractivity contribution in [1.29, 1.82) is 0 Å². The van der Waals surface area contributed by atoms with E-state index in [1.165, 1.54) is 11.1 Å². The Morgan fingerprint density at radius 1 is 1.21 bits per heavy atom. The quantitative estimate of drug-likeness (QED) is 0.876. The minimum atomic E-state index is -0.130. The topological polar surface area (TPSA) is 12.0 Å². The molecule has 3 rings (SSSR count). The van der Waals surface area contributed by atoms with Crippen molar-refractivity contribution in [2.24, 2.45) is 0 Å². The van der Waals surface area contributed by atoms with Crippen molar-refractivity contribution in [2.75, 3.05) is 0 Å². The van der Waals surface area contributed by atoms with Crippen LogP contribution < -0.4 is 5.32 Å². The highest BCUT2D eigenvalue weighted by molar-refractivity contribution is 5.34. The summed E-state index contributed by atoms with van der Waals surface area (Å²) in [6, 6.07) is 14.4. The zero-order chi connectivity index (χ0) is 13.2. The van der Waals surface area contributed by atoms with Crippen molar-refractivity contribution in [3.8, 4) is 0 Å². The molecule has 0 radical (unpaired) electrons. The number of hydrogen-bond acceptors (Lipinski definition) is 1. The maximum Gasteiger partial charge on any atom is 0.126 e. The highest BCUT2D eigenvalue weighted by Gasteiger charge is 2.20. The summed E-state index contributed by atoms with van der Waals surface area (Å²) < 4.78 is 13.2. The lowest BCUT2D eigenvalue weighted by molar-refractivity contribution is 0.529. The maximum atomic E-state index is 13.2. The molecule has 98 valence electrons. The normalized spacial score (nSPS) is 17.5. The first kappa shape index (κ1) is 12.4. The van der Waals surface area contributed by atoms with Gasteiger partial charge in [-0.25, -0.2) is 4.39 Å². The monoisotopic (exact) mass is 255 g/mol. The Kier molecular flexibility index (Phi) is 3.34. The summed E-state index contributed by atoms with van der Waals surface area (Å²) in [6.07, 6.45) is 2.30. The van der Waals surface area contributed by atoms with Crippen LogP contribution in [0, 0.1) is 12.7 Å². The molecular formula is C17H18FN. The Hall–Kier alpha value is -1.67. The van der Waals surface area contributed by atoms with Gasteiger partial charge in [-0.2, -0.15) is 0 Å². The van der Waals surface area contributed by atoms with Crippen LogP contribution in [0.4, 0.5) is 4.39 Å². The van der Waals surface area contributed by atoms with Crippen molar-refractivity contribution < 1.29 is 4.39 Å². The Balaban J connectivity index is 1.69. The van der Waals surface area contributed by atoms with Gasteiger partial charge in [0.1, 0.15) is 5.82 Å². The van der Waals surface area contributed by atoms with Crippen LogP contribution in [0.25, 0.3) is 0 Å². The largest absolute Gasteiger partial charge is 0.306 e. The third kappa shape index (κ3) is 2.54. The second-order valence-corrected chi connectivity index (χ2v) is 5.25. The molecule has 0 heterocycles. The van der Waals surface area contributed by atoms with Crippen molar-refractivity contribution >= 4 is 0 Å². The molecular weight excluding hydrogens is 237 g/mol. The van der Waals surface area contributed by atoms with Gasteiger partial charge in [-0.05, 0) is 48.1 Å². The average molecular weight is 255 g/mol. The first-order valence-corrected chi connectivity index (χ1v) is 6.80. The van der Waals surface area contributed by atoms with Gasteiger partial charge in [0.05, 0.1) is 0 Å². The van der Waals surface area contributed by atoms with Crippen LogP contribution in [0.1, 0.15) is 34.7 Å². The molecule has 0 saturated carbocycles. The molecule has 1 nitrogen and oxygen atoms in total. The fourth-order valence-electron chi connectivity index (χ4n) is 2.83. The van der Waals surface area contributed by atoms with E-state index < -0.39 is 0 Å². The van der Waals surface area contributed by atoms with Crippen molar-refractivity contribution in [1.82, 2.24) is 5.32 Å². The summed E-state index contributed by atoms with van der Waals surface area (Å²) in [4.78, 5) is 0. The summed E-state index contributed by atoms with van der Waals surface area (Å²) in [6.45, 7) is 2.60. The van der Waals surface area contributed by atoms with Crippen molar-refractivity contribution in [3.63, 3.8) is 0 Å². The molecule has 1 N–H and O–H groups in total. The molecule has 1 aliphatic rings. The maximum absolute atomic E-state index is 13.2. The Labute approximate surface area is 113 Å². The summed E-state index contributed by atoms with van der Waals surface area (Å²) in [5, 5.41) is 3.58. The molecule has 1 aliphatic carbocycles. The number of halogens is 1. The van der Waals surface area contributed by atoms with Crippen LogP contribution in [0.3, 0.4) is 0 Å². The van der Waals surface area contributed by atoms with Gasteiger partial charge in [0.25, 0.3) is 0 Å². The predicted octanol–water partition coefficient (Wildman–Crippen LogP) is 3.91. The molecule has 1 unspecified atom stereocenters. The van der Waals surface area contributed by atoms with Crippen LogP contribution in [0.15, 0.2) is 42.5 Å². The first-order chi connectivity index (χ1) is 9.24. The number of rotatable bonds is 3. The standard InChI is InChI=1S/C17H18FN/c1-12-10-13(6-8-16(12)18)11-19-17-9-7-14-4-2-3-5-15(14)17/h2-6,8,10,17,19H,7,9,11H2,1H3. The SMILES string of the molecule is Cc1cc(CNC2CCc3ccccc32)ccc1F. The van der Waals surface area contributed by atoms with E-state index in [-0.39, 0.29) is 5.82 Å². The van der Waals surface area contributed by atoms with Gasteiger partial charge < -0.3 is 5.32 Å². The van der Waals surface area contributed by atoms with Gasteiger partial charge in [0.2, 0.25) is 0 Å². The van der Waals surface area contributed by atoms with Gasteiger partial charge in [-0.1, -0.05) is 36.4 Å². The fraction of sp³-hybridized carbons (Fsp3) is 0.294. The van der Waals surface area contributed by atoms with Gasteiger partial charge in [0, 0.05) is 12.6 Å². The Morgan fingerprint density at radius 2 is 2.05 bits per heavy atom. The summed E-state index contributed by atoms with van der Waals surface area (Å²) >= 11 is 0. The third-order valence-corrected chi connectivity index (χ3v) is 3.91. The van der Waals surface area contributed by atoms with E-state index in [0.29, 0.717) is 11.6 Å². The first-order valence-electron chi connectivity index (χ1n) is 6.80. The lowest BCUT2D eigenvalue weighted by Gasteiger charge is -2.14. The van der Waals surface area contributed by atoms with Gasteiger partial charge in [-0.15, -0.1) is 0 Å². The van der Waals surface area contributed by atoms with Crippen LogP contribution in [-0.4, -0.2) is 0 Å². The molecule has 0 aromatic heterocycles. The van der Waals surface area contributed by atoms with E-state index >= 15 is 0 Å². The number of nitrogens with one attached hydrogen (secondary N) is 1. The summed E-state index contributed by atoms with van der Waals surface area (Å²) in [5.74, 6) is -0.130. The molecule has 1 atom stereocenters. The number of hydrogen-bond donors (Lipinski definition) is 1. The lowest BCUT2D eigenvalue weighted by atomic mass is 10.1. The molecule has 0 saturated heterocycles. The molecule has 19 heavy (non-hydrogen) atoms. The molecule has 2 aromatic rings. The van der Waals surface area contributed by atoms with E-state index in [4.69, 9.17) is 0 Å². The molecule has 0 fully saturated rings. The lowest BCUT2D eigenvalue weighted by Crippen LogP contribution is -2.18. The molecule has 0 amide bonds. The van der Waals surface area contributed by atoms with E-state index in [9.17, 15) is 4.39 Å². The van der Waals surface area contributed by atoms with Crippen molar-refractivity contribution in [3.05, 3.63) is 70.5 Å². The minimum absolute atomic E-state index is 0.130. The fourth-order valence-corrected chi connectivity index (χ4v) is 2.83. The van der Waals surface area contributed by atoms with E-state index in [0.717, 1.165) is 24.9 Å². The third-order valence-electron chi connectivity index (χ3n) is 3.91. The molecule has 2 aromatic carbocycles. The zero-order valence-corrected chi connectivity index (χ0v) is 11.1. The van der Waals surface area contributed by atoms with Crippen LogP contribution in [-0.2, 0) is 13.0 Å². The molecule has 2 heteroatoms. The zero-order valence-electron chi connectivity index (χ0n) is 11.1. The summed E-state index contributed by atoms with van der Waals surface area (Å²) in [7, 11) is 0. The van der Waals surface area contributed by atoms with Gasteiger partial charge in [-0.3, -0.25) is 0 Å². The summed E-state index contributed by atoms with van der Waals surface area (Å²) in [5.41, 5.74) is 4.73. The Bertz CT molecular complexity index is 592. The van der Waals surface area contributed by atoms with E-state index in [1.807, 2.05) is 19.1 Å². The molecule has 0 spiro atoms. The van der Waals surface area contributed by atoms with Crippen LogP contribution in [0.2, 0.25) is 0 Å². The van der Waals surface area contributed by atoms with E-state index in [1.54, 1.807) is 6.07 Å². The molecule has 0 bridgehead atoms. The van der Waals surface area contributed by atoms with Crippen molar-refractivity contribution in [2.45, 2.75) is 32.4 Å². The van der Waals surface area contributed by atoms with Gasteiger partial charge in [0.15, 0.2) is 0 Å². The number of aryl methyl sites for hydroxylation is 2. The number of benzene rings is 2. The number of fused-ring (bicyclic) bond motifs is 1. The minimum Gasteiger partial charge on any atom is -0.306 e. The molecule has 0 aliphatic heterocycles.